The summed E-state index contributed by atoms with van der Waals surface area (Å²) in [6, 6.07) is 3.93. The zero-order valence-electron chi connectivity index (χ0n) is 14.6. The molecule has 7 nitrogen and oxygen atoms in total. The standard InChI is InChI=1S/C17H21FN2O5S/c1-11-14-9-12(18)3-4-15(14)25-17(11)26(23,24)20-7-5-13(6-8-20)19(2)10-16(21)22/h3-4,9,13H,5-8,10H2,1-2H3,(H,21,22). The van der Waals surface area contributed by atoms with Gasteiger partial charge in [0.05, 0.1) is 6.54 Å². The molecule has 0 radical (unpaired) electrons. The summed E-state index contributed by atoms with van der Waals surface area (Å²) in [6.45, 7) is 2.08. The van der Waals surface area contributed by atoms with Crippen LogP contribution in [0.2, 0.25) is 0 Å². The van der Waals surface area contributed by atoms with Crippen LogP contribution in [-0.2, 0) is 14.8 Å². The van der Waals surface area contributed by atoms with Crippen LogP contribution < -0.4 is 0 Å². The molecule has 1 N–H and O–H groups in total. The van der Waals surface area contributed by atoms with Gasteiger partial charge in [-0.15, -0.1) is 0 Å². The van der Waals surface area contributed by atoms with Crippen molar-refractivity contribution in [2.24, 2.45) is 0 Å². The zero-order valence-corrected chi connectivity index (χ0v) is 15.4. The fraction of sp³-hybridized carbons (Fsp3) is 0.471. The van der Waals surface area contributed by atoms with Gasteiger partial charge in [0, 0.05) is 30.1 Å². The van der Waals surface area contributed by atoms with Crippen LogP contribution in [0, 0.1) is 12.7 Å². The first-order valence-corrected chi connectivity index (χ1v) is 9.75. The Morgan fingerprint density at radius 2 is 2.04 bits per heavy atom. The van der Waals surface area contributed by atoms with Crippen molar-refractivity contribution in [3.8, 4) is 0 Å². The van der Waals surface area contributed by atoms with Gasteiger partial charge in [0.15, 0.2) is 0 Å². The van der Waals surface area contributed by atoms with E-state index in [9.17, 15) is 17.6 Å². The minimum absolute atomic E-state index is 0.0171. The van der Waals surface area contributed by atoms with E-state index in [0.717, 1.165) is 0 Å². The molecule has 0 atom stereocenters. The van der Waals surface area contributed by atoms with Crippen molar-refractivity contribution in [3.05, 3.63) is 29.6 Å². The number of sulfonamides is 1. The van der Waals surface area contributed by atoms with Crippen LogP contribution in [0.25, 0.3) is 11.0 Å². The highest BCUT2D eigenvalue weighted by Crippen LogP contribution is 2.32. The molecule has 1 fully saturated rings. The molecule has 0 amide bonds. The molecule has 1 aromatic heterocycles. The number of hydrogen-bond acceptors (Lipinski definition) is 5. The predicted octanol–water partition coefficient (Wildman–Crippen LogP) is 2.05. The summed E-state index contributed by atoms with van der Waals surface area (Å²) >= 11 is 0. The highest BCUT2D eigenvalue weighted by molar-refractivity contribution is 7.89. The van der Waals surface area contributed by atoms with Crippen molar-refractivity contribution in [3.63, 3.8) is 0 Å². The third-order valence-electron chi connectivity index (χ3n) is 4.86. The van der Waals surface area contributed by atoms with Crippen LogP contribution >= 0.6 is 0 Å². The second-order valence-corrected chi connectivity index (χ2v) is 8.44. The Balaban J connectivity index is 1.80. The third-order valence-corrected chi connectivity index (χ3v) is 6.76. The highest BCUT2D eigenvalue weighted by Gasteiger charge is 2.34. The molecule has 1 aliphatic heterocycles. The normalized spacial score (nSPS) is 17.2. The van der Waals surface area contributed by atoms with E-state index in [1.807, 2.05) is 0 Å². The molecule has 0 saturated carbocycles. The fourth-order valence-corrected chi connectivity index (χ4v) is 5.02. The van der Waals surface area contributed by atoms with Gasteiger partial charge in [-0.25, -0.2) is 12.8 Å². The van der Waals surface area contributed by atoms with Crippen LogP contribution in [0.1, 0.15) is 18.4 Å². The van der Waals surface area contributed by atoms with Crippen molar-refractivity contribution < 1.29 is 27.1 Å². The van der Waals surface area contributed by atoms with Gasteiger partial charge in [-0.3, -0.25) is 9.69 Å². The SMILES string of the molecule is Cc1c(S(=O)(=O)N2CCC(N(C)CC(=O)O)CC2)oc2ccc(F)cc12. The van der Waals surface area contributed by atoms with Crippen molar-refractivity contribution in [2.75, 3.05) is 26.7 Å². The van der Waals surface area contributed by atoms with E-state index in [1.165, 1.54) is 22.5 Å². The number of rotatable bonds is 5. The molecule has 2 heterocycles. The van der Waals surface area contributed by atoms with Crippen LogP contribution in [0.4, 0.5) is 4.39 Å². The maximum absolute atomic E-state index is 13.4. The number of carbonyl (C=O) groups is 1. The minimum atomic E-state index is -3.83. The van der Waals surface area contributed by atoms with E-state index in [2.05, 4.69) is 0 Å². The molecular weight excluding hydrogens is 363 g/mol. The molecular formula is C17H21FN2O5S. The summed E-state index contributed by atoms with van der Waals surface area (Å²) in [5, 5.41) is 9.16. The van der Waals surface area contributed by atoms with Gasteiger partial charge in [-0.05, 0) is 45.0 Å². The Morgan fingerprint density at radius 1 is 1.38 bits per heavy atom. The quantitative estimate of drug-likeness (QED) is 0.848. The first kappa shape index (κ1) is 18.8. The second-order valence-electron chi connectivity index (χ2n) is 6.60. The van der Waals surface area contributed by atoms with Gasteiger partial charge < -0.3 is 9.52 Å². The van der Waals surface area contributed by atoms with Crippen LogP contribution in [0.5, 0.6) is 0 Å². The van der Waals surface area contributed by atoms with Gasteiger partial charge in [0.1, 0.15) is 11.4 Å². The number of halogens is 1. The lowest BCUT2D eigenvalue weighted by Gasteiger charge is -2.35. The molecule has 9 heteroatoms. The molecule has 3 rings (SSSR count). The van der Waals surface area contributed by atoms with Crippen molar-refractivity contribution in [1.82, 2.24) is 9.21 Å². The molecule has 1 aromatic carbocycles. The largest absolute Gasteiger partial charge is 0.480 e. The summed E-state index contributed by atoms with van der Waals surface area (Å²) in [5.41, 5.74) is 0.725. The number of nitrogens with zero attached hydrogens (tertiary/aromatic N) is 2. The Hall–Kier alpha value is -1.97. The average molecular weight is 384 g/mol. The number of aryl methyl sites for hydroxylation is 1. The Labute approximate surface area is 151 Å². The molecule has 0 unspecified atom stereocenters. The van der Waals surface area contributed by atoms with E-state index in [-0.39, 0.29) is 30.8 Å². The molecule has 0 bridgehead atoms. The predicted molar refractivity (Wildman–Crippen MR) is 93.0 cm³/mol. The Morgan fingerprint density at radius 3 is 2.65 bits per heavy atom. The number of carboxylic acids is 1. The molecule has 1 saturated heterocycles. The van der Waals surface area contributed by atoms with Crippen LogP contribution in [-0.4, -0.2) is 61.4 Å². The first-order chi connectivity index (χ1) is 12.2. The molecule has 0 aliphatic carbocycles. The number of aliphatic carboxylic acids is 1. The Bertz CT molecular complexity index is 932. The van der Waals surface area contributed by atoms with Crippen molar-refractivity contribution >= 4 is 27.0 Å². The highest BCUT2D eigenvalue weighted by atomic mass is 32.2. The summed E-state index contributed by atoms with van der Waals surface area (Å²) in [6.07, 6.45) is 1.08. The maximum atomic E-state index is 13.4. The van der Waals surface area contributed by atoms with Crippen LogP contribution in [0.3, 0.4) is 0 Å². The topological polar surface area (TPSA) is 91.1 Å². The van der Waals surface area contributed by atoms with E-state index in [0.29, 0.717) is 29.4 Å². The summed E-state index contributed by atoms with van der Waals surface area (Å²) in [7, 11) is -2.11. The van der Waals surface area contributed by atoms with Gasteiger partial charge in [0.25, 0.3) is 10.0 Å². The van der Waals surface area contributed by atoms with E-state index in [4.69, 9.17) is 9.52 Å². The van der Waals surface area contributed by atoms with E-state index < -0.39 is 21.8 Å². The monoisotopic (exact) mass is 384 g/mol. The van der Waals surface area contributed by atoms with Gasteiger partial charge in [-0.1, -0.05) is 0 Å². The molecule has 26 heavy (non-hydrogen) atoms. The summed E-state index contributed by atoms with van der Waals surface area (Å²) in [5.74, 6) is -1.36. The average Bonchev–Trinajstić information content (AvgIpc) is 2.91. The van der Waals surface area contributed by atoms with Gasteiger partial charge in [-0.2, -0.15) is 4.31 Å². The third kappa shape index (κ3) is 3.46. The maximum Gasteiger partial charge on any atom is 0.317 e. The number of piperidine rings is 1. The summed E-state index contributed by atoms with van der Waals surface area (Å²) < 4.78 is 46.2. The molecule has 142 valence electrons. The smallest absolute Gasteiger partial charge is 0.317 e. The lowest BCUT2D eigenvalue weighted by atomic mass is 10.1. The number of benzene rings is 1. The van der Waals surface area contributed by atoms with Gasteiger partial charge >= 0.3 is 5.97 Å². The van der Waals surface area contributed by atoms with E-state index in [1.54, 1.807) is 18.9 Å². The zero-order chi connectivity index (χ0) is 19.1. The molecule has 0 spiro atoms. The molecule has 1 aliphatic rings. The lowest BCUT2D eigenvalue weighted by molar-refractivity contribution is -0.138. The second kappa shape index (κ2) is 6.98. The lowest BCUT2D eigenvalue weighted by Crippen LogP contribution is -2.46. The number of carboxylic acid groups (broad SMARTS) is 1. The minimum Gasteiger partial charge on any atom is -0.480 e. The first-order valence-electron chi connectivity index (χ1n) is 8.31. The van der Waals surface area contributed by atoms with Crippen molar-refractivity contribution in [2.45, 2.75) is 30.9 Å². The Kier molecular flexibility index (Phi) is 5.05. The van der Waals surface area contributed by atoms with Crippen LogP contribution in [0.15, 0.2) is 27.7 Å². The van der Waals surface area contributed by atoms with Crippen molar-refractivity contribution in [1.29, 1.82) is 0 Å². The number of furan rings is 1. The van der Waals surface area contributed by atoms with E-state index >= 15 is 0 Å². The number of fused-ring (bicyclic) bond motifs is 1. The summed E-state index contributed by atoms with van der Waals surface area (Å²) in [4.78, 5) is 12.5. The number of hydrogen-bond donors (Lipinski definition) is 1. The fourth-order valence-electron chi connectivity index (χ4n) is 3.40. The number of likely N-dealkylation sites (N-methyl/N-ethyl adjacent to an activating group) is 1. The van der Waals surface area contributed by atoms with Gasteiger partial charge in [0.2, 0.25) is 5.09 Å². The molecule has 2 aromatic rings.